The van der Waals surface area contributed by atoms with Gasteiger partial charge in [0.1, 0.15) is 12.4 Å². The number of nitrogens with one attached hydrogen (secondary N) is 1. The van der Waals surface area contributed by atoms with Crippen molar-refractivity contribution in [3.8, 4) is 0 Å². The van der Waals surface area contributed by atoms with E-state index in [4.69, 9.17) is 5.73 Å². The van der Waals surface area contributed by atoms with Crippen LogP contribution >= 0.6 is 0 Å². The Morgan fingerprint density at radius 3 is 3.00 bits per heavy atom. The van der Waals surface area contributed by atoms with E-state index in [1.807, 2.05) is 0 Å². The van der Waals surface area contributed by atoms with Crippen molar-refractivity contribution in [2.45, 2.75) is 18.9 Å². The van der Waals surface area contributed by atoms with Crippen molar-refractivity contribution in [1.29, 1.82) is 0 Å². The fourth-order valence-electron chi connectivity index (χ4n) is 1.75. The molecule has 1 fully saturated rings. The molecule has 2 heterocycles. The number of nitrogens with zero attached hydrogens (tertiary/aromatic N) is 3. The van der Waals surface area contributed by atoms with Crippen LogP contribution < -0.4 is 5.73 Å². The molecule has 0 spiro atoms. The van der Waals surface area contributed by atoms with Crippen LogP contribution in [0, 0.1) is 0 Å². The topological polar surface area (TPSA) is 105 Å². The number of carbonyl (C=O) groups excluding carboxylic acids is 2. The average Bonchev–Trinajstić information content (AvgIpc) is 2.88. The van der Waals surface area contributed by atoms with Crippen LogP contribution in [0.3, 0.4) is 0 Å². The molecule has 2 rings (SSSR count). The summed E-state index contributed by atoms with van der Waals surface area (Å²) in [7, 11) is 0. The molecule has 0 saturated carbocycles. The molecular formula is C8H11N5O2. The highest BCUT2D eigenvalue weighted by Crippen LogP contribution is 2.18. The molecule has 3 N–H and O–H groups in total. The Balaban J connectivity index is 2.17. The first-order valence-corrected chi connectivity index (χ1v) is 4.66. The molecule has 1 aromatic rings. The van der Waals surface area contributed by atoms with E-state index in [0.29, 0.717) is 13.0 Å². The summed E-state index contributed by atoms with van der Waals surface area (Å²) in [5, 5.41) is 6.05. The van der Waals surface area contributed by atoms with Gasteiger partial charge >= 0.3 is 0 Å². The van der Waals surface area contributed by atoms with E-state index in [9.17, 15) is 9.59 Å². The van der Waals surface area contributed by atoms with Gasteiger partial charge in [0.05, 0.1) is 0 Å². The fraction of sp³-hybridized carbons (Fsp3) is 0.500. The summed E-state index contributed by atoms with van der Waals surface area (Å²) in [5.41, 5.74) is 5.20. The lowest BCUT2D eigenvalue weighted by atomic mass is 10.2. The van der Waals surface area contributed by atoms with Crippen LogP contribution in [0.4, 0.5) is 0 Å². The molecule has 0 radical (unpaired) electrons. The van der Waals surface area contributed by atoms with Crippen LogP contribution in [-0.4, -0.2) is 44.5 Å². The monoisotopic (exact) mass is 209 g/mol. The summed E-state index contributed by atoms with van der Waals surface area (Å²) in [5.74, 6) is -0.655. The lowest BCUT2D eigenvalue weighted by Gasteiger charge is -2.20. The summed E-state index contributed by atoms with van der Waals surface area (Å²) < 4.78 is 0. The van der Waals surface area contributed by atoms with Gasteiger partial charge in [-0.1, -0.05) is 0 Å². The predicted octanol–water partition coefficient (Wildman–Crippen LogP) is -1.11. The Labute approximate surface area is 85.7 Å². The third-order valence-corrected chi connectivity index (χ3v) is 2.46. The summed E-state index contributed by atoms with van der Waals surface area (Å²) in [6.07, 6.45) is 2.66. The predicted molar refractivity (Wildman–Crippen MR) is 49.6 cm³/mol. The molecule has 1 saturated heterocycles. The molecule has 0 bridgehead atoms. The summed E-state index contributed by atoms with van der Waals surface area (Å²) in [6, 6.07) is -0.511. The van der Waals surface area contributed by atoms with Crippen LogP contribution in [0.2, 0.25) is 0 Å². The standard InChI is InChI=1S/C8H11N5O2/c9-6(14)5-2-1-3-13(5)8(15)7-10-4-11-12-7/h4-5H,1-3H2,(H2,9,14)(H,10,11,12). The SMILES string of the molecule is NC(=O)C1CCCN1C(=O)c1ncn[nH]1. The van der Waals surface area contributed by atoms with Crippen LogP contribution in [0.15, 0.2) is 6.33 Å². The molecule has 80 valence electrons. The summed E-state index contributed by atoms with van der Waals surface area (Å²) in [6.45, 7) is 0.535. The minimum absolute atomic E-state index is 0.142. The Hall–Kier alpha value is -1.92. The Morgan fingerprint density at radius 1 is 1.60 bits per heavy atom. The number of rotatable bonds is 2. The maximum Gasteiger partial charge on any atom is 0.291 e. The second-order valence-corrected chi connectivity index (χ2v) is 3.39. The Kier molecular flexibility index (Phi) is 2.36. The van der Waals surface area contributed by atoms with E-state index in [2.05, 4.69) is 15.2 Å². The van der Waals surface area contributed by atoms with E-state index in [-0.39, 0.29) is 11.7 Å². The number of hydrogen-bond donors (Lipinski definition) is 2. The second-order valence-electron chi connectivity index (χ2n) is 3.39. The van der Waals surface area contributed by atoms with Gasteiger partial charge < -0.3 is 10.6 Å². The van der Waals surface area contributed by atoms with E-state index >= 15 is 0 Å². The number of amides is 2. The molecule has 0 aliphatic carbocycles. The highest BCUT2D eigenvalue weighted by Gasteiger charge is 2.34. The molecule has 1 aromatic heterocycles. The zero-order valence-electron chi connectivity index (χ0n) is 8.01. The van der Waals surface area contributed by atoms with Crippen molar-refractivity contribution in [3.63, 3.8) is 0 Å². The summed E-state index contributed by atoms with van der Waals surface area (Å²) in [4.78, 5) is 28.1. The van der Waals surface area contributed by atoms with E-state index in [0.717, 1.165) is 6.42 Å². The molecule has 0 aromatic carbocycles. The van der Waals surface area contributed by atoms with Crippen molar-refractivity contribution in [2.75, 3.05) is 6.54 Å². The minimum Gasteiger partial charge on any atom is -0.368 e. The number of aromatic amines is 1. The van der Waals surface area contributed by atoms with Gasteiger partial charge in [0.2, 0.25) is 11.7 Å². The summed E-state index contributed by atoms with van der Waals surface area (Å²) >= 11 is 0. The highest BCUT2D eigenvalue weighted by molar-refractivity contribution is 5.94. The number of primary amides is 1. The van der Waals surface area contributed by atoms with Crippen molar-refractivity contribution in [2.24, 2.45) is 5.73 Å². The number of nitrogens with two attached hydrogens (primary N) is 1. The zero-order valence-corrected chi connectivity index (χ0v) is 8.01. The smallest absolute Gasteiger partial charge is 0.291 e. The van der Waals surface area contributed by atoms with Crippen molar-refractivity contribution in [3.05, 3.63) is 12.2 Å². The lowest BCUT2D eigenvalue weighted by molar-refractivity contribution is -0.121. The molecule has 1 atom stereocenters. The van der Waals surface area contributed by atoms with Crippen LogP contribution in [0.5, 0.6) is 0 Å². The van der Waals surface area contributed by atoms with Crippen LogP contribution in [-0.2, 0) is 4.79 Å². The van der Waals surface area contributed by atoms with Gasteiger partial charge in [0, 0.05) is 6.54 Å². The van der Waals surface area contributed by atoms with Crippen LogP contribution in [0.1, 0.15) is 23.5 Å². The number of likely N-dealkylation sites (tertiary alicyclic amines) is 1. The molecular weight excluding hydrogens is 198 g/mol. The van der Waals surface area contributed by atoms with E-state index < -0.39 is 11.9 Å². The van der Waals surface area contributed by atoms with Crippen molar-refractivity contribution < 1.29 is 9.59 Å². The average molecular weight is 209 g/mol. The molecule has 7 nitrogen and oxygen atoms in total. The molecule has 1 unspecified atom stereocenters. The van der Waals surface area contributed by atoms with E-state index in [1.165, 1.54) is 11.2 Å². The van der Waals surface area contributed by atoms with Gasteiger partial charge in [-0.3, -0.25) is 14.7 Å². The third kappa shape index (κ3) is 1.67. The van der Waals surface area contributed by atoms with Gasteiger partial charge in [-0.05, 0) is 12.8 Å². The number of hydrogen-bond acceptors (Lipinski definition) is 4. The minimum atomic E-state index is -0.511. The normalized spacial score (nSPS) is 20.5. The Bertz CT molecular complexity index is 374. The second kappa shape index (κ2) is 3.68. The molecule has 7 heteroatoms. The maximum atomic E-state index is 11.8. The van der Waals surface area contributed by atoms with Crippen molar-refractivity contribution >= 4 is 11.8 Å². The quantitative estimate of drug-likeness (QED) is 0.644. The van der Waals surface area contributed by atoms with Gasteiger partial charge in [-0.15, -0.1) is 0 Å². The molecule has 1 aliphatic heterocycles. The van der Waals surface area contributed by atoms with Gasteiger partial charge in [0.25, 0.3) is 5.91 Å². The number of H-pyrrole nitrogens is 1. The highest BCUT2D eigenvalue weighted by atomic mass is 16.2. The first kappa shape index (κ1) is 9.63. The number of carbonyl (C=O) groups is 2. The fourth-order valence-corrected chi connectivity index (χ4v) is 1.75. The zero-order chi connectivity index (χ0) is 10.8. The third-order valence-electron chi connectivity index (χ3n) is 2.46. The van der Waals surface area contributed by atoms with Gasteiger partial charge in [-0.2, -0.15) is 5.10 Å². The lowest BCUT2D eigenvalue weighted by Crippen LogP contribution is -2.44. The van der Waals surface area contributed by atoms with Crippen LogP contribution in [0.25, 0.3) is 0 Å². The Morgan fingerprint density at radius 2 is 2.40 bits per heavy atom. The van der Waals surface area contributed by atoms with Gasteiger partial charge in [0.15, 0.2) is 0 Å². The maximum absolute atomic E-state index is 11.8. The molecule has 2 amide bonds. The first-order chi connectivity index (χ1) is 7.20. The molecule has 1 aliphatic rings. The first-order valence-electron chi connectivity index (χ1n) is 4.66. The molecule has 15 heavy (non-hydrogen) atoms. The largest absolute Gasteiger partial charge is 0.368 e. The van der Waals surface area contributed by atoms with Crippen molar-refractivity contribution in [1.82, 2.24) is 20.1 Å². The van der Waals surface area contributed by atoms with E-state index in [1.54, 1.807) is 0 Å². The number of aromatic nitrogens is 3. The van der Waals surface area contributed by atoms with Gasteiger partial charge in [-0.25, -0.2) is 4.98 Å².